The van der Waals surface area contributed by atoms with Gasteiger partial charge in [-0.15, -0.1) is 5.10 Å². The van der Waals surface area contributed by atoms with Crippen molar-refractivity contribution in [2.75, 3.05) is 6.54 Å². The predicted molar refractivity (Wildman–Crippen MR) is 160 cm³/mol. The van der Waals surface area contributed by atoms with Crippen molar-refractivity contribution < 1.29 is 0 Å². The maximum atomic E-state index is 9.31. The molecule has 9 heteroatoms. The number of nitriles is 1. The Morgan fingerprint density at radius 2 is 1.95 bits per heavy atom. The molecule has 0 saturated heterocycles. The first-order valence-corrected chi connectivity index (χ1v) is 13.2. The molecule has 0 saturated carbocycles. The zero-order valence-electron chi connectivity index (χ0n) is 23.5. The first-order chi connectivity index (χ1) is 18.9. The number of nitrogens with one attached hydrogen (secondary N) is 2. The Bertz CT molecular complexity index is 1410. The molecule has 9 nitrogen and oxygen atoms in total. The van der Waals surface area contributed by atoms with Crippen LogP contribution in [0.3, 0.4) is 0 Å². The SMILES string of the molecule is C=C1CN=C(c2ccc3c(c2)CCC[C@@H]3NC(=C)c2cc(C(=C)C#N)n3nncc3n2)N1.C=CN.CC.CC. The molecule has 2 aromatic heterocycles. The lowest BCUT2D eigenvalue weighted by Crippen LogP contribution is -2.25. The lowest BCUT2D eigenvalue weighted by Gasteiger charge is -2.28. The van der Waals surface area contributed by atoms with Crippen LogP contribution in [0.1, 0.15) is 74.7 Å². The fourth-order valence-electron chi connectivity index (χ4n) is 4.23. The van der Waals surface area contributed by atoms with Crippen LogP contribution >= 0.6 is 0 Å². The van der Waals surface area contributed by atoms with Crippen molar-refractivity contribution in [3.05, 3.63) is 96.8 Å². The highest BCUT2D eigenvalue weighted by Crippen LogP contribution is 2.32. The lowest BCUT2D eigenvalue weighted by molar-refractivity contribution is 0.519. The number of fused-ring (bicyclic) bond motifs is 2. The largest absolute Gasteiger partial charge is 0.405 e. The molecular formula is C30H39N9. The molecule has 0 bridgehead atoms. The molecular weight excluding hydrogens is 486 g/mol. The number of rotatable bonds is 5. The Morgan fingerprint density at radius 1 is 1.23 bits per heavy atom. The predicted octanol–water partition coefficient (Wildman–Crippen LogP) is 5.30. The van der Waals surface area contributed by atoms with Gasteiger partial charge in [0, 0.05) is 11.3 Å². The van der Waals surface area contributed by atoms with Gasteiger partial charge in [-0.3, -0.25) is 4.99 Å². The number of aryl methyl sites for hydroxylation is 1. The summed E-state index contributed by atoms with van der Waals surface area (Å²) in [4.78, 5) is 9.12. The van der Waals surface area contributed by atoms with E-state index in [-0.39, 0.29) is 6.04 Å². The zero-order chi connectivity index (χ0) is 28.9. The normalized spacial score (nSPS) is 14.8. The molecule has 1 aliphatic carbocycles. The van der Waals surface area contributed by atoms with Gasteiger partial charge < -0.3 is 16.4 Å². The molecule has 0 spiro atoms. The maximum Gasteiger partial charge on any atom is 0.176 e. The van der Waals surface area contributed by atoms with Gasteiger partial charge in [0.1, 0.15) is 11.9 Å². The maximum absolute atomic E-state index is 9.31. The summed E-state index contributed by atoms with van der Waals surface area (Å²) in [5, 5.41) is 24.0. The molecule has 0 fully saturated rings. The minimum absolute atomic E-state index is 0.123. The smallest absolute Gasteiger partial charge is 0.176 e. The minimum Gasteiger partial charge on any atom is -0.405 e. The van der Waals surface area contributed by atoms with Crippen molar-refractivity contribution in [3.63, 3.8) is 0 Å². The molecule has 1 atom stereocenters. The number of aromatic nitrogens is 4. The van der Waals surface area contributed by atoms with Gasteiger partial charge >= 0.3 is 0 Å². The first-order valence-electron chi connectivity index (χ1n) is 13.2. The molecule has 204 valence electrons. The van der Waals surface area contributed by atoms with Gasteiger partial charge in [0.05, 0.1) is 41.4 Å². The molecule has 0 amide bonds. The number of nitrogens with two attached hydrogens (primary N) is 1. The molecule has 2 aliphatic rings. The number of hydrogen-bond acceptors (Lipinski definition) is 8. The molecule has 3 aromatic rings. The van der Waals surface area contributed by atoms with Crippen LogP contribution in [-0.2, 0) is 6.42 Å². The second-order valence-corrected chi connectivity index (χ2v) is 8.23. The molecule has 5 rings (SSSR count). The number of benzene rings is 1. The van der Waals surface area contributed by atoms with Crippen LogP contribution in [0.25, 0.3) is 16.9 Å². The van der Waals surface area contributed by atoms with E-state index in [0.717, 1.165) is 36.4 Å². The molecule has 0 unspecified atom stereocenters. The van der Waals surface area contributed by atoms with E-state index >= 15 is 0 Å². The van der Waals surface area contributed by atoms with Gasteiger partial charge in [-0.1, -0.05) is 71.4 Å². The van der Waals surface area contributed by atoms with Crippen LogP contribution in [0.5, 0.6) is 0 Å². The Morgan fingerprint density at radius 3 is 2.59 bits per heavy atom. The fraction of sp³-hybridized carbons (Fsp3) is 0.300. The summed E-state index contributed by atoms with van der Waals surface area (Å²) < 4.78 is 1.51. The molecule has 1 aromatic carbocycles. The van der Waals surface area contributed by atoms with Crippen LogP contribution in [0.2, 0.25) is 0 Å². The highest BCUT2D eigenvalue weighted by Gasteiger charge is 2.23. The summed E-state index contributed by atoms with van der Waals surface area (Å²) in [7, 11) is 0. The van der Waals surface area contributed by atoms with Crippen LogP contribution in [-0.4, -0.2) is 32.2 Å². The summed E-state index contributed by atoms with van der Waals surface area (Å²) in [6.07, 6.45) is 5.90. The quantitative estimate of drug-likeness (QED) is 0.385. The second-order valence-electron chi connectivity index (χ2n) is 8.23. The number of aliphatic imine (C=N–C) groups is 1. The van der Waals surface area contributed by atoms with E-state index < -0.39 is 0 Å². The van der Waals surface area contributed by atoms with E-state index in [1.807, 2.05) is 27.7 Å². The number of allylic oxidation sites excluding steroid dienone is 1. The van der Waals surface area contributed by atoms with Crippen LogP contribution in [0, 0.1) is 11.3 Å². The van der Waals surface area contributed by atoms with Crippen molar-refractivity contribution >= 4 is 22.8 Å². The third kappa shape index (κ3) is 7.20. The summed E-state index contributed by atoms with van der Waals surface area (Å²) in [6, 6.07) is 10.4. The fourth-order valence-corrected chi connectivity index (χ4v) is 4.23. The first kappa shape index (κ1) is 30.5. The molecule has 0 radical (unpaired) electrons. The van der Waals surface area contributed by atoms with Gasteiger partial charge in [0.15, 0.2) is 5.65 Å². The highest BCUT2D eigenvalue weighted by atomic mass is 15.4. The van der Waals surface area contributed by atoms with Crippen molar-refractivity contribution in [3.8, 4) is 6.07 Å². The van der Waals surface area contributed by atoms with Crippen LogP contribution in [0.4, 0.5) is 0 Å². The van der Waals surface area contributed by atoms with Crippen LogP contribution in [0.15, 0.2) is 73.7 Å². The van der Waals surface area contributed by atoms with Gasteiger partial charge in [-0.05, 0) is 48.7 Å². The highest BCUT2D eigenvalue weighted by molar-refractivity contribution is 6.01. The minimum atomic E-state index is 0.123. The van der Waals surface area contributed by atoms with Crippen molar-refractivity contribution in [1.29, 1.82) is 5.26 Å². The average Bonchev–Trinajstić information content (AvgIpc) is 3.63. The van der Waals surface area contributed by atoms with E-state index in [1.54, 1.807) is 12.3 Å². The third-order valence-electron chi connectivity index (χ3n) is 5.82. The van der Waals surface area contributed by atoms with Gasteiger partial charge in [-0.2, -0.15) is 9.78 Å². The van der Waals surface area contributed by atoms with Crippen LogP contribution < -0.4 is 16.4 Å². The molecule has 1 aliphatic heterocycles. The van der Waals surface area contributed by atoms with E-state index in [4.69, 9.17) is 0 Å². The zero-order valence-corrected chi connectivity index (χ0v) is 23.5. The summed E-state index contributed by atoms with van der Waals surface area (Å²) in [5.41, 5.74) is 11.9. The summed E-state index contributed by atoms with van der Waals surface area (Å²) in [5.74, 6) is 0.884. The van der Waals surface area contributed by atoms with E-state index in [2.05, 4.69) is 87.2 Å². The standard InChI is InChI=1S/C24H22N8.C2H5N.2C2H6/c1-14(11-25)22-10-21(30-23-13-27-31-32(22)23)16(3)29-20-6-4-5-17-9-18(7-8-19(17)20)24-26-12-15(2)28-24;1-2-3;2*1-2/h7-10,13,20,29H,1-6,12H2,(H,26,28);2H,1,3H2;2*1-2H3/t20-;;;/m0.../s1. The van der Waals surface area contributed by atoms with Crippen molar-refractivity contribution in [2.24, 2.45) is 10.7 Å². The second kappa shape index (κ2) is 14.9. The van der Waals surface area contributed by atoms with E-state index in [9.17, 15) is 5.26 Å². The number of hydrogen-bond donors (Lipinski definition) is 3. The molecule has 39 heavy (non-hydrogen) atoms. The van der Waals surface area contributed by atoms with Crippen molar-refractivity contribution in [1.82, 2.24) is 30.4 Å². The van der Waals surface area contributed by atoms with Gasteiger partial charge in [0.2, 0.25) is 0 Å². The Hall–Kier alpha value is -4.71. The van der Waals surface area contributed by atoms with Gasteiger partial charge in [-0.25, -0.2) is 4.98 Å². The summed E-state index contributed by atoms with van der Waals surface area (Å²) >= 11 is 0. The third-order valence-corrected chi connectivity index (χ3v) is 5.82. The lowest BCUT2D eigenvalue weighted by atomic mass is 9.86. The Kier molecular flexibility index (Phi) is 11.6. The van der Waals surface area contributed by atoms with Gasteiger partial charge in [0.25, 0.3) is 0 Å². The number of amidine groups is 1. The average molecular weight is 526 g/mol. The molecule has 3 heterocycles. The Balaban J connectivity index is 0.000000700. The Labute approximate surface area is 231 Å². The topological polar surface area (TPSA) is 129 Å². The number of nitrogens with zero attached hydrogens (tertiary/aromatic N) is 6. The monoisotopic (exact) mass is 525 g/mol. The molecule has 4 N–H and O–H groups in total. The van der Waals surface area contributed by atoms with E-state index in [0.29, 0.717) is 34.8 Å². The van der Waals surface area contributed by atoms with Crippen molar-refractivity contribution in [2.45, 2.75) is 53.0 Å². The summed E-state index contributed by atoms with van der Waals surface area (Å²) in [6.45, 7) is 23.7. The van der Waals surface area contributed by atoms with E-state index in [1.165, 1.54) is 21.8 Å².